The average molecular weight is 189 g/mol. The highest BCUT2D eigenvalue weighted by Gasteiger charge is 2.22. The second-order valence-electron chi connectivity index (χ2n) is 3.64. The van der Waals surface area contributed by atoms with E-state index in [0.29, 0.717) is 13.2 Å². The van der Waals surface area contributed by atoms with Gasteiger partial charge in [-0.05, 0) is 19.3 Å². The minimum Gasteiger partial charge on any atom is -0.388 e. The van der Waals surface area contributed by atoms with Gasteiger partial charge in [-0.1, -0.05) is 0 Å². The maximum atomic E-state index is 9.29. The van der Waals surface area contributed by atoms with Gasteiger partial charge in [0.2, 0.25) is 0 Å². The van der Waals surface area contributed by atoms with Crippen LogP contribution in [0.3, 0.4) is 0 Å². The minimum absolute atomic E-state index is 0.238. The molecule has 3 atom stereocenters. The van der Waals surface area contributed by atoms with Gasteiger partial charge >= 0.3 is 0 Å². The monoisotopic (exact) mass is 189 g/mol. The topological polar surface area (TPSA) is 64.7 Å². The number of aliphatic hydroxyl groups excluding tert-OH is 1. The molecule has 3 unspecified atom stereocenters. The fourth-order valence-electron chi connectivity index (χ4n) is 1.61. The molecule has 0 bridgehead atoms. The molecule has 0 amide bonds. The van der Waals surface area contributed by atoms with E-state index in [2.05, 4.69) is 0 Å². The molecule has 1 aliphatic carbocycles. The number of ether oxygens (including phenoxy) is 2. The lowest BCUT2D eigenvalue weighted by Gasteiger charge is -2.14. The molecule has 1 rings (SSSR count). The van der Waals surface area contributed by atoms with Crippen molar-refractivity contribution in [2.24, 2.45) is 5.73 Å². The largest absolute Gasteiger partial charge is 0.388 e. The first kappa shape index (κ1) is 10.9. The van der Waals surface area contributed by atoms with Crippen molar-refractivity contribution in [3.05, 3.63) is 0 Å². The minimum atomic E-state index is -0.512. The molecule has 1 aliphatic rings. The van der Waals surface area contributed by atoms with Crippen LogP contribution in [0.5, 0.6) is 0 Å². The van der Waals surface area contributed by atoms with Crippen LogP contribution in [-0.2, 0) is 9.47 Å². The van der Waals surface area contributed by atoms with E-state index in [0.717, 1.165) is 19.3 Å². The molecule has 1 fully saturated rings. The molecule has 0 aromatic heterocycles. The van der Waals surface area contributed by atoms with Crippen LogP contribution in [0.4, 0.5) is 0 Å². The first-order valence-corrected chi connectivity index (χ1v) is 4.76. The van der Waals surface area contributed by atoms with Crippen LogP contribution in [0.25, 0.3) is 0 Å². The van der Waals surface area contributed by atoms with Gasteiger partial charge in [-0.2, -0.15) is 0 Å². The van der Waals surface area contributed by atoms with Crippen LogP contribution in [0, 0.1) is 0 Å². The highest BCUT2D eigenvalue weighted by atomic mass is 16.5. The van der Waals surface area contributed by atoms with Crippen LogP contribution in [0.1, 0.15) is 19.3 Å². The molecule has 0 aromatic rings. The number of hydrogen-bond acceptors (Lipinski definition) is 4. The third kappa shape index (κ3) is 4.04. The fourth-order valence-corrected chi connectivity index (χ4v) is 1.61. The Bertz CT molecular complexity index is 143. The quantitative estimate of drug-likeness (QED) is 0.633. The number of hydrogen-bond donors (Lipinski definition) is 2. The maximum Gasteiger partial charge on any atom is 0.101 e. The second-order valence-corrected chi connectivity index (χ2v) is 3.64. The Morgan fingerprint density at radius 2 is 2.23 bits per heavy atom. The van der Waals surface area contributed by atoms with Crippen LogP contribution in [-0.4, -0.2) is 43.7 Å². The van der Waals surface area contributed by atoms with Crippen molar-refractivity contribution >= 4 is 0 Å². The predicted molar refractivity (Wildman–Crippen MR) is 49.4 cm³/mol. The molecular formula is C9H19NO3. The van der Waals surface area contributed by atoms with Gasteiger partial charge in [-0.25, -0.2) is 0 Å². The molecule has 4 nitrogen and oxygen atoms in total. The number of rotatable bonds is 5. The van der Waals surface area contributed by atoms with E-state index in [9.17, 15) is 5.11 Å². The third-order valence-corrected chi connectivity index (χ3v) is 2.31. The standard InChI is InChI=1S/C9H19NO3/c1-12-5-8(11)6-13-9-3-2-7(10)4-9/h7-9,11H,2-6,10H2,1H3. The summed E-state index contributed by atoms with van der Waals surface area (Å²) < 4.78 is 10.3. The van der Waals surface area contributed by atoms with Gasteiger partial charge in [0.1, 0.15) is 6.10 Å². The number of nitrogens with two attached hydrogens (primary N) is 1. The predicted octanol–water partition coefficient (Wildman–Crippen LogP) is -0.110. The Kier molecular flexibility index (Phi) is 4.66. The summed E-state index contributed by atoms with van der Waals surface area (Å²) in [6.07, 6.45) is 2.69. The molecule has 0 heterocycles. The highest BCUT2D eigenvalue weighted by Crippen LogP contribution is 2.20. The third-order valence-electron chi connectivity index (χ3n) is 2.31. The molecule has 3 N–H and O–H groups in total. The molecule has 0 aliphatic heterocycles. The zero-order chi connectivity index (χ0) is 9.68. The average Bonchev–Trinajstić information content (AvgIpc) is 2.49. The van der Waals surface area contributed by atoms with Gasteiger partial charge < -0.3 is 20.3 Å². The lowest BCUT2D eigenvalue weighted by atomic mass is 10.3. The summed E-state index contributed by atoms with van der Waals surface area (Å²) in [5.41, 5.74) is 5.72. The summed E-state index contributed by atoms with van der Waals surface area (Å²) in [7, 11) is 1.56. The lowest BCUT2D eigenvalue weighted by molar-refractivity contribution is -0.0341. The Morgan fingerprint density at radius 3 is 2.77 bits per heavy atom. The fraction of sp³-hybridized carbons (Fsp3) is 1.00. The summed E-state index contributed by atoms with van der Waals surface area (Å²) in [5.74, 6) is 0. The molecular weight excluding hydrogens is 170 g/mol. The van der Waals surface area contributed by atoms with E-state index < -0.39 is 6.10 Å². The Balaban J connectivity index is 2.05. The van der Waals surface area contributed by atoms with E-state index in [1.54, 1.807) is 7.11 Å². The molecule has 78 valence electrons. The van der Waals surface area contributed by atoms with E-state index in [-0.39, 0.29) is 12.1 Å². The molecule has 0 spiro atoms. The Hall–Kier alpha value is -0.160. The molecule has 13 heavy (non-hydrogen) atoms. The first-order valence-electron chi connectivity index (χ1n) is 4.76. The van der Waals surface area contributed by atoms with E-state index >= 15 is 0 Å². The summed E-state index contributed by atoms with van der Waals surface area (Å²) in [5, 5.41) is 9.29. The number of aliphatic hydroxyl groups is 1. The van der Waals surface area contributed by atoms with Crippen LogP contribution < -0.4 is 5.73 Å². The van der Waals surface area contributed by atoms with Crippen LogP contribution >= 0.6 is 0 Å². The SMILES string of the molecule is COCC(O)COC1CCC(N)C1. The zero-order valence-corrected chi connectivity index (χ0v) is 8.11. The smallest absolute Gasteiger partial charge is 0.101 e. The van der Waals surface area contributed by atoms with Crippen LogP contribution in [0.2, 0.25) is 0 Å². The van der Waals surface area contributed by atoms with E-state index in [1.165, 1.54) is 0 Å². The summed E-state index contributed by atoms with van der Waals surface area (Å²) in [6.45, 7) is 0.685. The van der Waals surface area contributed by atoms with Gasteiger partial charge in [-0.3, -0.25) is 0 Å². The van der Waals surface area contributed by atoms with Crippen molar-refractivity contribution in [2.45, 2.75) is 37.5 Å². The highest BCUT2D eigenvalue weighted by molar-refractivity contribution is 4.78. The molecule has 0 radical (unpaired) electrons. The van der Waals surface area contributed by atoms with Crippen molar-refractivity contribution in [3.8, 4) is 0 Å². The summed E-state index contributed by atoms with van der Waals surface area (Å²) in [4.78, 5) is 0. The normalized spacial score (nSPS) is 30.7. The van der Waals surface area contributed by atoms with Crippen molar-refractivity contribution < 1.29 is 14.6 Å². The van der Waals surface area contributed by atoms with Crippen molar-refractivity contribution in [1.82, 2.24) is 0 Å². The second kappa shape index (κ2) is 5.54. The lowest BCUT2D eigenvalue weighted by Crippen LogP contribution is -2.25. The Labute approximate surface area is 79.0 Å². The van der Waals surface area contributed by atoms with Gasteiger partial charge in [0.25, 0.3) is 0 Å². The van der Waals surface area contributed by atoms with Crippen molar-refractivity contribution in [3.63, 3.8) is 0 Å². The summed E-state index contributed by atoms with van der Waals surface area (Å²) in [6, 6.07) is 0.282. The molecule has 0 aromatic carbocycles. The van der Waals surface area contributed by atoms with Gasteiger partial charge in [0.05, 0.1) is 19.3 Å². The van der Waals surface area contributed by atoms with Crippen LogP contribution in [0.15, 0.2) is 0 Å². The van der Waals surface area contributed by atoms with E-state index in [1.807, 2.05) is 0 Å². The summed E-state index contributed by atoms with van der Waals surface area (Å²) >= 11 is 0. The van der Waals surface area contributed by atoms with Gasteiger partial charge in [-0.15, -0.1) is 0 Å². The van der Waals surface area contributed by atoms with Crippen molar-refractivity contribution in [2.75, 3.05) is 20.3 Å². The zero-order valence-electron chi connectivity index (χ0n) is 8.11. The maximum absolute atomic E-state index is 9.29. The van der Waals surface area contributed by atoms with Gasteiger partial charge in [0, 0.05) is 13.2 Å². The molecule has 1 saturated carbocycles. The van der Waals surface area contributed by atoms with Crippen molar-refractivity contribution in [1.29, 1.82) is 0 Å². The number of methoxy groups -OCH3 is 1. The van der Waals surface area contributed by atoms with E-state index in [4.69, 9.17) is 15.2 Å². The molecule has 4 heteroatoms. The molecule has 0 saturated heterocycles. The van der Waals surface area contributed by atoms with Gasteiger partial charge in [0.15, 0.2) is 0 Å². The first-order chi connectivity index (χ1) is 6.22. The Morgan fingerprint density at radius 1 is 1.46 bits per heavy atom.